The molecule has 1 aromatic rings. The van der Waals surface area contributed by atoms with Crippen molar-refractivity contribution < 1.29 is 14.0 Å². The highest BCUT2D eigenvalue weighted by Gasteiger charge is 2.12. The molecule has 2 amide bonds. The van der Waals surface area contributed by atoms with Crippen molar-refractivity contribution in [2.45, 2.75) is 33.2 Å². The molecule has 0 aromatic carbocycles. The van der Waals surface area contributed by atoms with Gasteiger partial charge < -0.3 is 9.73 Å². The van der Waals surface area contributed by atoms with Crippen LogP contribution in [0, 0.1) is 0 Å². The smallest absolute Gasteiger partial charge is 0.329 e. The van der Waals surface area contributed by atoms with Gasteiger partial charge in [0, 0.05) is 5.71 Å². The van der Waals surface area contributed by atoms with Crippen molar-refractivity contribution in [2.75, 3.05) is 0 Å². The van der Waals surface area contributed by atoms with Gasteiger partial charge in [0.2, 0.25) is 0 Å². The Hall–Kier alpha value is -2.11. The van der Waals surface area contributed by atoms with Crippen molar-refractivity contribution in [3.05, 3.63) is 24.2 Å². The number of hydrogen-bond donors (Lipinski definition) is 2. The van der Waals surface area contributed by atoms with Crippen LogP contribution in [-0.4, -0.2) is 17.5 Å². The van der Waals surface area contributed by atoms with Crippen molar-refractivity contribution in [3.8, 4) is 0 Å². The van der Waals surface area contributed by atoms with Crippen LogP contribution < -0.4 is 10.7 Å². The number of furan rings is 1. The van der Waals surface area contributed by atoms with Crippen molar-refractivity contribution in [3.63, 3.8) is 0 Å². The van der Waals surface area contributed by atoms with E-state index in [2.05, 4.69) is 15.8 Å². The molecule has 0 bridgehead atoms. The molecule has 0 aliphatic carbocycles. The van der Waals surface area contributed by atoms with Gasteiger partial charge in [-0.05, 0) is 25.0 Å². The third kappa shape index (κ3) is 4.40. The molecular weight excluding hydrogens is 234 g/mol. The van der Waals surface area contributed by atoms with Crippen LogP contribution in [0.1, 0.15) is 32.4 Å². The molecule has 0 aliphatic rings. The molecule has 0 saturated heterocycles. The van der Waals surface area contributed by atoms with Crippen LogP contribution in [0.15, 0.2) is 27.9 Å². The molecule has 2 N–H and O–H groups in total. The van der Waals surface area contributed by atoms with Crippen LogP contribution in [0.25, 0.3) is 0 Å². The number of nitrogens with one attached hydrogen (secondary N) is 2. The van der Waals surface area contributed by atoms with E-state index in [1.165, 1.54) is 6.26 Å². The summed E-state index contributed by atoms with van der Waals surface area (Å²) in [6.45, 7) is 4.05. The Labute approximate surface area is 105 Å². The fraction of sp³-hybridized carbons (Fsp3) is 0.417. The molecule has 1 heterocycles. The summed E-state index contributed by atoms with van der Waals surface area (Å²) >= 11 is 0. The van der Waals surface area contributed by atoms with Gasteiger partial charge in [0.1, 0.15) is 5.76 Å². The summed E-state index contributed by atoms with van der Waals surface area (Å²) in [6.07, 6.45) is 2.98. The van der Waals surface area contributed by atoms with E-state index >= 15 is 0 Å². The summed E-state index contributed by atoms with van der Waals surface area (Å²) in [5, 5.41) is 6.29. The van der Waals surface area contributed by atoms with E-state index in [9.17, 15) is 9.59 Å². The van der Waals surface area contributed by atoms with Gasteiger partial charge in [-0.3, -0.25) is 9.59 Å². The average molecular weight is 251 g/mol. The molecular formula is C12H17N3O3. The summed E-state index contributed by atoms with van der Waals surface area (Å²) in [7, 11) is 0. The van der Waals surface area contributed by atoms with Crippen molar-refractivity contribution in [1.29, 1.82) is 0 Å². The Morgan fingerprint density at radius 1 is 1.28 bits per heavy atom. The quantitative estimate of drug-likeness (QED) is 0.468. The van der Waals surface area contributed by atoms with Crippen LogP contribution in [-0.2, 0) is 16.1 Å². The predicted octanol–water partition coefficient (Wildman–Crippen LogP) is 1.19. The zero-order chi connectivity index (χ0) is 13.4. The normalized spacial score (nSPS) is 9.67. The van der Waals surface area contributed by atoms with E-state index in [0.29, 0.717) is 5.76 Å². The third-order valence-corrected chi connectivity index (χ3v) is 2.34. The number of rotatable bonds is 5. The SMILES string of the molecule is CCC(CC)=NNC(=O)C(=O)NCc1ccco1. The molecule has 0 saturated carbocycles. The molecule has 6 heteroatoms. The maximum absolute atomic E-state index is 11.4. The van der Waals surface area contributed by atoms with Crippen molar-refractivity contribution >= 4 is 17.5 Å². The van der Waals surface area contributed by atoms with Crippen molar-refractivity contribution in [1.82, 2.24) is 10.7 Å². The van der Waals surface area contributed by atoms with Gasteiger partial charge in [0.25, 0.3) is 0 Å². The molecule has 1 rings (SSSR count). The maximum Gasteiger partial charge on any atom is 0.329 e. The first kappa shape index (κ1) is 14.0. The lowest BCUT2D eigenvalue weighted by molar-refractivity contribution is -0.139. The van der Waals surface area contributed by atoms with Crippen LogP contribution in [0.4, 0.5) is 0 Å². The second-order valence-electron chi connectivity index (χ2n) is 3.59. The minimum Gasteiger partial charge on any atom is -0.467 e. The average Bonchev–Trinajstić information content (AvgIpc) is 2.90. The van der Waals surface area contributed by atoms with E-state index in [0.717, 1.165) is 18.6 Å². The molecule has 6 nitrogen and oxygen atoms in total. The Bertz CT molecular complexity index is 418. The minimum absolute atomic E-state index is 0.178. The lowest BCUT2D eigenvalue weighted by Crippen LogP contribution is -2.37. The number of nitrogens with zero attached hydrogens (tertiary/aromatic N) is 1. The summed E-state index contributed by atoms with van der Waals surface area (Å²) in [5.74, 6) is -0.926. The molecule has 0 atom stereocenters. The van der Waals surface area contributed by atoms with E-state index in [4.69, 9.17) is 4.42 Å². The fourth-order valence-corrected chi connectivity index (χ4v) is 1.25. The van der Waals surface area contributed by atoms with Gasteiger partial charge >= 0.3 is 11.8 Å². The lowest BCUT2D eigenvalue weighted by Gasteiger charge is -2.03. The molecule has 0 radical (unpaired) electrons. The molecule has 0 aliphatic heterocycles. The topological polar surface area (TPSA) is 83.7 Å². The number of hydrogen-bond acceptors (Lipinski definition) is 4. The second-order valence-corrected chi connectivity index (χ2v) is 3.59. The molecule has 0 unspecified atom stereocenters. The number of hydrazone groups is 1. The minimum atomic E-state index is -0.777. The first-order chi connectivity index (χ1) is 8.67. The van der Waals surface area contributed by atoms with Gasteiger partial charge in [-0.1, -0.05) is 13.8 Å². The number of amides is 2. The van der Waals surface area contributed by atoms with Gasteiger partial charge in [0.05, 0.1) is 12.8 Å². The third-order valence-electron chi connectivity index (χ3n) is 2.34. The summed E-state index contributed by atoms with van der Waals surface area (Å²) in [4.78, 5) is 22.8. The Kier molecular flexibility index (Phi) is 5.63. The molecule has 18 heavy (non-hydrogen) atoms. The Morgan fingerprint density at radius 2 is 2.00 bits per heavy atom. The van der Waals surface area contributed by atoms with Crippen LogP contribution >= 0.6 is 0 Å². The van der Waals surface area contributed by atoms with E-state index in [1.54, 1.807) is 12.1 Å². The fourth-order valence-electron chi connectivity index (χ4n) is 1.25. The van der Waals surface area contributed by atoms with E-state index in [-0.39, 0.29) is 6.54 Å². The lowest BCUT2D eigenvalue weighted by atomic mass is 10.2. The second kappa shape index (κ2) is 7.26. The first-order valence-corrected chi connectivity index (χ1v) is 5.83. The monoisotopic (exact) mass is 251 g/mol. The van der Waals surface area contributed by atoms with Gasteiger partial charge in [-0.2, -0.15) is 5.10 Å². The summed E-state index contributed by atoms with van der Waals surface area (Å²) in [5.41, 5.74) is 3.06. The Morgan fingerprint density at radius 3 is 2.56 bits per heavy atom. The van der Waals surface area contributed by atoms with Crippen molar-refractivity contribution in [2.24, 2.45) is 5.10 Å². The van der Waals surface area contributed by atoms with Gasteiger partial charge in [-0.15, -0.1) is 0 Å². The van der Waals surface area contributed by atoms with Crippen LogP contribution in [0.2, 0.25) is 0 Å². The predicted molar refractivity (Wildman–Crippen MR) is 66.7 cm³/mol. The molecule has 0 fully saturated rings. The zero-order valence-electron chi connectivity index (χ0n) is 10.5. The van der Waals surface area contributed by atoms with Crippen LogP contribution in [0.5, 0.6) is 0 Å². The summed E-state index contributed by atoms with van der Waals surface area (Å²) in [6, 6.07) is 3.42. The highest BCUT2D eigenvalue weighted by atomic mass is 16.3. The zero-order valence-corrected chi connectivity index (χ0v) is 10.5. The molecule has 1 aromatic heterocycles. The van der Waals surface area contributed by atoms with E-state index < -0.39 is 11.8 Å². The standard InChI is InChI=1S/C12H17N3O3/c1-3-9(4-2)14-15-12(17)11(16)13-8-10-6-5-7-18-10/h5-7H,3-4,8H2,1-2H3,(H,13,16)(H,15,17). The first-order valence-electron chi connectivity index (χ1n) is 5.83. The largest absolute Gasteiger partial charge is 0.467 e. The van der Waals surface area contributed by atoms with Gasteiger partial charge in [0.15, 0.2) is 0 Å². The molecule has 98 valence electrons. The number of carbonyl (C=O) groups is 2. The maximum atomic E-state index is 11.4. The highest BCUT2D eigenvalue weighted by molar-refractivity contribution is 6.35. The van der Waals surface area contributed by atoms with Gasteiger partial charge in [-0.25, -0.2) is 5.43 Å². The molecule has 0 spiro atoms. The number of carbonyl (C=O) groups excluding carboxylic acids is 2. The summed E-state index contributed by atoms with van der Waals surface area (Å²) < 4.78 is 5.02. The van der Waals surface area contributed by atoms with Crippen LogP contribution in [0.3, 0.4) is 0 Å². The van der Waals surface area contributed by atoms with E-state index in [1.807, 2.05) is 13.8 Å². The Balaban J connectivity index is 2.37. The highest BCUT2D eigenvalue weighted by Crippen LogP contribution is 1.98.